The molecule has 150 valence electrons. The normalized spacial score (nSPS) is 10.7. The number of aryl methyl sites for hydroxylation is 1. The minimum atomic E-state index is -0.295. The van der Waals surface area contributed by atoms with Gasteiger partial charge in [-0.3, -0.25) is 14.6 Å². The zero-order valence-corrected chi connectivity index (χ0v) is 16.5. The molecule has 1 amide bonds. The van der Waals surface area contributed by atoms with Crippen LogP contribution in [0.25, 0.3) is 11.4 Å². The first-order valence-electron chi connectivity index (χ1n) is 9.60. The van der Waals surface area contributed by atoms with Gasteiger partial charge in [0.05, 0.1) is 6.42 Å². The number of hydrogen-bond acceptors (Lipinski definition) is 5. The number of aromatic nitrogens is 3. The maximum absolute atomic E-state index is 13.0. The predicted molar refractivity (Wildman–Crippen MR) is 112 cm³/mol. The number of nitrogens with zero attached hydrogens (tertiary/aromatic N) is 3. The molecule has 0 aliphatic rings. The molecular weight excluding hydrogens is 366 g/mol. The first-order valence-corrected chi connectivity index (χ1v) is 9.60. The number of hydrogen-bond donors (Lipinski definition) is 2. The zero-order chi connectivity index (χ0) is 20.6. The van der Waals surface area contributed by atoms with Crippen molar-refractivity contribution in [2.45, 2.75) is 26.3 Å². The third kappa shape index (κ3) is 5.36. The van der Waals surface area contributed by atoms with E-state index in [1.807, 2.05) is 30.3 Å². The molecule has 2 aromatic heterocycles. The summed E-state index contributed by atoms with van der Waals surface area (Å²) in [5.74, 6) is 0.352. The van der Waals surface area contributed by atoms with Gasteiger partial charge in [0.25, 0.3) is 5.56 Å². The average molecular weight is 391 g/mol. The lowest BCUT2D eigenvalue weighted by atomic mass is 10.1. The molecule has 0 aliphatic carbocycles. The maximum Gasteiger partial charge on any atom is 0.255 e. The molecule has 0 aliphatic heterocycles. The summed E-state index contributed by atoms with van der Waals surface area (Å²) in [6.07, 6.45) is 3.98. The molecule has 0 radical (unpaired) electrons. The van der Waals surface area contributed by atoms with Crippen molar-refractivity contribution in [1.29, 1.82) is 0 Å². The molecule has 29 heavy (non-hydrogen) atoms. The Morgan fingerprint density at radius 1 is 1.14 bits per heavy atom. The van der Waals surface area contributed by atoms with Gasteiger partial charge in [0, 0.05) is 42.3 Å². The first-order chi connectivity index (χ1) is 14.1. The molecule has 1 aromatic carbocycles. The minimum Gasteiger partial charge on any atom is -0.338 e. The van der Waals surface area contributed by atoms with Gasteiger partial charge in [-0.15, -0.1) is 0 Å². The first kappa shape index (κ1) is 20.4. The summed E-state index contributed by atoms with van der Waals surface area (Å²) in [6.45, 7) is 3.28. The van der Waals surface area contributed by atoms with Crippen LogP contribution in [0.3, 0.4) is 0 Å². The average Bonchev–Trinajstić information content (AvgIpc) is 2.74. The van der Waals surface area contributed by atoms with E-state index in [0.717, 1.165) is 11.1 Å². The summed E-state index contributed by atoms with van der Waals surface area (Å²) in [4.78, 5) is 38.6. The number of carbonyl (C=O) groups is 1. The molecule has 0 fully saturated rings. The van der Waals surface area contributed by atoms with Crippen LogP contribution in [0.4, 0.5) is 0 Å². The molecule has 0 saturated carbocycles. The molecule has 0 spiro atoms. The third-order valence-electron chi connectivity index (χ3n) is 4.71. The van der Waals surface area contributed by atoms with Gasteiger partial charge in [0.2, 0.25) is 5.91 Å². The lowest BCUT2D eigenvalue weighted by Gasteiger charge is -2.23. The van der Waals surface area contributed by atoms with Gasteiger partial charge in [0.15, 0.2) is 0 Å². The fourth-order valence-electron chi connectivity index (χ4n) is 3.11. The fraction of sp³-hybridized carbons (Fsp3) is 0.273. The highest BCUT2D eigenvalue weighted by Crippen LogP contribution is 2.14. The number of carbonyl (C=O) groups excluding carboxylic acids is 1. The van der Waals surface area contributed by atoms with Crippen LogP contribution >= 0.6 is 0 Å². The molecule has 0 bridgehead atoms. The third-order valence-corrected chi connectivity index (χ3v) is 4.71. The van der Waals surface area contributed by atoms with Crippen molar-refractivity contribution in [2.75, 3.05) is 13.1 Å². The highest BCUT2D eigenvalue weighted by molar-refractivity contribution is 5.79. The number of H-pyrrole nitrogens is 1. The molecule has 0 saturated heterocycles. The van der Waals surface area contributed by atoms with Gasteiger partial charge in [-0.2, -0.15) is 0 Å². The number of rotatable bonds is 8. The molecule has 2 heterocycles. The van der Waals surface area contributed by atoms with E-state index < -0.39 is 0 Å². The van der Waals surface area contributed by atoms with E-state index in [9.17, 15) is 9.59 Å². The molecule has 3 N–H and O–H groups in total. The Hall–Kier alpha value is -3.32. The Morgan fingerprint density at radius 2 is 1.86 bits per heavy atom. The van der Waals surface area contributed by atoms with E-state index in [1.54, 1.807) is 36.4 Å². The summed E-state index contributed by atoms with van der Waals surface area (Å²) in [7, 11) is 0. The zero-order valence-electron chi connectivity index (χ0n) is 16.5. The number of benzene rings is 1. The van der Waals surface area contributed by atoms with Crippen LogP contribution in [0.1, 0.15) is 23.2 Å². The second-order valence-electron chi connectivity index (χ2n) is 6.83. The van der Waals surface area contributed by atoms with E-state index in [2.05, 4.69) is 15.0 Å². The van der Waals surface area contributed by atoms with Crippen molar-refractivity contribution in [2.24, 2.45) is 5.73 Å². The number of nitrogens with one attached hydrogen (secondary N) is 1. The Labute approximate surface area is 169 Å². The van der Waals surface area contributed by atoms with E-state index in [4.69, 9.17) is 5.73 Å². The topological polar surface area (TPSA) is 105 Å². The summed E-state index contributed by atoms with van der Waals surface area (Å²) in [6, 6.07) is 13.3. The minimum absolute atomic E-state index is 0.00218. The standard InChI is InChI=1S/C22H25N5O2/c1-16-19(22(29)26-21(25-16)18-8-11-24-12-9-18)14-20(28)27(13-5-10-23)15-17-6-3-2-4-7-17/h2-4,6-9,11-12H,5,10,13-15,23H2,1H3,(H,25,26,29). The van der Waals surface area contributed by atoms with Crippen molar-refractivity contribution in [3.05, 3.63) is 82.0 Å². The quantitative estimate of drug-likeness (QED) is 0.611. The van der Waals surface area contributed by atoms with Crippen LogP contribution in [-0.2, 0) is 17.8 Å². The van der Waals surface area contributed by atoms with Crippen LogP contribution in [0.5, 0.6) is 0 Å². The lowest BCUT2D eigenvalue weighted by Crippen LogP contribution is -2.35. The van der Waals surface area contributed by atoms with Crippen LogP contribution in [-0.4, -0.2) is 38.8 Å². The maximum atomic E-state index is 13.0. The predicted octanol–water partition coefficient (Wildman–Crippen LogP) is 2.06. The number of pyridine rings is 1. The molecule has 0 unspecified atom stereocenters. The number of amides is 1. The van der Waals surface area contributed by atoms with Crippen molar-refractivity contribution < 1.29 is 4.79 Å². The van der Waals surface area contributed by atoms with E-state index >= 15 is 0 Å². The monoisotopic (exact) mass is 391 g/mol. The molecule has 7 heteroatoms. The van der Waals surface area contributed by atoms with Gasteiger partial charge >= 0.3 is 0 Å². The van der Waals surface area contributed by atoms with E-state index in [-0.39, 0.29) is 17.9 Å². The fourth-order valence-corrected chi connectivity index (χ4v) is 3.11. The van der Waals surface area contributed by atoms with Crippen molar-refractivity contribution in [3.8, 4) is 11.4 Å². The van der Waals surface area contributed by atoms with E-state index in [0.29, 0.717) is 43.1 Å². The molecular formula is C22H25N5O2. The number of aromatic amines is 1. The summed E-state index contributed by atoms with van der Waals surface area (Å²) < 4.78 is 0. The van der Waals surface area contributed by atoms with Crippen LogP contribution < -0.4 is 11.3 Å². The van der Waals surface area contributed by atoms with E-state index in [1.165, 1.54) is 0 Å². The van der Waals surface area contributed by atoms with Gasteiger partial charge in [-0.25, -0.2) is 4.98 Å². The molecule has 3 rings (SSSR count). The second-order valence-corrected chi connectivity index (χ2v) is 6.83. The van der Waals surface area contributed by atoms with Crippen molar-refractivity contribution in [1.82, 2.24) is 19.9 Å². The summed E-state index contributed by atoms with van der Waals surface area (Å²) >= 11 is 0. The van der Waals surface area contributed by atoms with Gasteiger partial charge in [0.1, 0.15) is 5.82 Å². The number of nitrogens with two attached hydrogens (primary N) is 1. The molecule has 3 aromatic rings. The molecule has 0 atom stereocenters. The largest absolute Gasteiger partial charge is 0.338 e. The lowest BCUT2D eigenvalue weighted by molar-refractivity contribution is -0.131. The van der Waals surface area contributed by atoms with Crippen molar-refractivity contribution in [3.63, 3.8) is 0 Å². The van der Waals surface area contributed by atoms with Crippen LogP contribution in [0.2, 0.25) is 0 Å². The Bertz CT molecular complexity index is 1000. The highest BCUT2D eigenvalue weighted by atomic mass is 16.2. The van der Waals surface area contributed by atoms with Crippen molar-refractivity contribution >= 4 is 5.91 Å². The summed E-state index contributed by atoms with van der Waals surface area (Å²) in [5.41, 5.74) is 8.08. The van der Waals surface area contributed by atoms with Crippen LogP contribution in [0.15, 0.2) is 59.7 Å². The Kier molecular flexibility index (Phi) is 6.86. The Balaban J connectivity index is 1.81. The summed E-state index contributed by atoms with van der Waals surface area (Å²) in [5, 5.41) is 0. The van der Waals surface area contributed by atoms with Crippen LogP contribution in [0, 0.1) is 6.92 Å². The second kappa shape index (κ2) is 9.75. The smallest absolute Gasteiger partial charge is 0.255 e. The van der Waals surface area contributed by atoms with Gasteiger partial charge < -0.3 is 15.6 Å². The Morgan fingerprint density at radius 3 is 2.52 bits per heavy atom. The van der Waals surface area contributed by atoms with Gasteiger partial charge in [-0.05, 0) is 37.6 Å². The van der Waals surface area contributed by atoms with Gasteiger partial charge in [-0.1, -0.05) is 30.3 Å². The molecule has 7 nitrogen and oxygen atoms in total. The SMILES string of the molecule is Cc1nc(-c2ccncc2)[nH]c(=O)c1CC(=O)N(CCCN)Cc1ccccc1. The highest BCUT2D eigenvalue weighted by Gasteiger charge is 2.18.